The molecule has 0 fully saturated rings. The van der Waals surface area contributed by atoms with E-state index in [1.165, 1.54) is 0 Å². The molecule has 0 radical (unpaired) electrons. The Hall–Kier alpha value is 0.847. The van der Waals surface area contributed by atoms with Crippen LogP contribution in [0.4, 0.5) is 0 Å². The molecule has 7 heavy (non-hydrogen) atoms. The van der Waals surface area contributed by atoms with Crippen LogP contribution in [0.15, 0.2) is 0 Å². The fourth-order valence-electron chi connectivity index (χ4n) is 0.214. The first-order valence-electron chi connectivity index (χ1n) is 1.99. The molecule has 1 N–H and O–H groups in total. The van der Waals surface area contributed by atoms with Crippen molar-refractivity contribution in [2.45, 2.75) is 19.8 Å². The summed E-state index contributed by atoms with van der Waals surface area (Å²) in [5.41, 5.74) is 0. The summed E-state index contributed by atoms with van der Waals surface area (Å²) in [6, 6.07) is 0. The second kappa shape index (κ2) is 6.85. The maximum absolute atomic E-state index is 9.60. The number of carbonyl (C=O) groups is 1. The van der Waals surface area contributed by atoms with E-state index in [9.17, 15) is 4.79 Å². The molecule has 0 aromatic rings. The fourth-order valence-corrected chi connectivity index (χ4v) is 0.214. The van der Waals surface area contributed by atoms with Crippen LogP contribution in [0.5, 0.6) is 0 Å². The molecule has 0 aliphatic carbocycles. The van der Waals surface area contributed by atoms with Gasteiger partial charge in [0.05, 0.1) is 0 Å². The summed E-state index contributed by atoms with van der Waals surface area (Å²) in [5.74, 6) is -0.711. The SMILES string of the molecule is CCCC(=O)O.[Ce]. The molecule has 0 bridgehead atoms. The van der Waals surface area contributed by atoms with Crippen LogP contribution in [0.1, 0.15) is 19.8 Å². The van der Waals surface area contributed by atoms with Gasteiger partial charge in [-0.2, -0.15) is 0 Å². The molecule has 0 amide bonds. The van der Waals surface area contributed by atoms with E-state index in [1.54, 1.807) is 0 Å². The zero-order chi connectivity index (χ0) is 4.99. The van der Waals surface area contributed by atoms with E-state index in [0.717, 1.165) is 6.42 Å². The molecule has 0 aromatic carbocycles. The second-order valence-corrected chi connectivity index (χ2v) is 1.14. The number of hydrogen-bond acceptors (Lipinski definition) is 1. The smallest absolute Gasteiger partial charge is 0.303 e. The van der Waals surface area contributed by atoms with Crippen molar-refractivity contribution in [2.75, 3.05) is 0 Å². The molecule has 3 heteroatoms. The molecule has 2 nitrogen and oxygen atoms in total. The van der Waals surface area contributed by atoms with Gasteiger partial charge in [-0.1, -0.05) is 6.92 Å². The second-order valence-electron chi connectivity index (χ2n) is 1.14. The molecule has 0 unspecified atom stereocenters. The van der Waals surface area contributed by atoms with Gasteiger partial charge < -0.3 is 5.11 Å². The molecule has 0 saturated carbocycles. The van der Waals surface area contributed by atoms with Crippen LogP contribution in [0.2, 0.25) is 0 Å². The van der Waals surface area contributed by atoms with Crippen molar-refractivity contribution >= 4 is 5.97 Å². The number of carboxylic acids is 1. The third kappa shape index (κ3) is 10.9. The summed E-state index contributed by atoms with van der Waals surface area (Å²) >= 11 is 0. The van der Waals surface area contributed by atoms with Crippen LogP contribution < -0.4 is 0 Å². The van der Waals surface area contributed by atoms with Crippen molar-refractivity contribution in [3.63, 3.8) is 0 Å². The Balaban J connectivity index is 0. The Morgan fingerprint density at radius 1 is 1.71 bits per heavy atom. The third-order valence-electron chi connectivity index (χ3n) is 0.464. The van der Waals surface area contributed by atoms with E-state index in [1.807, 2.05) is 6.92 Å². The molecule has 0 atom stereocenters. The Morgan fingerprint density at radius 2 is 2.14 bits per heavy atom. The van der Waals surface area contributed by atoms with E-state index in [2.05, 4.69) is 0 Å². The number of rotatable bonds is 2. The maximum Gasteiger partial charge on any atom is 0.303 e. The van der Waals surface area contributed by atoms with Crippen molar-refractivity contribution in [1.29, 1.82) is 0 Å². The van der Waals surface area contributed by atoms with Crippen molar-refractivity contribution in [2.24, 2.45) is 0 Å². The first kappa shape index (κ1) is 10.8. The first-order chi connectivity index (χ1) is 2.77. The van der Waals surface area contributed by atoms with Crippen LogP contribution in [-0.4, -0.2) is 11.1 Å². The van der Waals surface area contributed by atoms with Gasteiger partial charge in [0.1, 0.15) is 0 Å². The normalized spacial score (nSPS) is 7.00. The summed E-state index contributed by atoms with van der Waals surface area (Å²) in [4.78, 5) is 9.60. The quantitative estimate of drug-likeness (QED) is 0.761. The predicted molar refractivity (Wildman–Crippen MR) is 22.5 cm³/mol. The van der Waals surface area contributed by atoms with Gasteiger partial charge in [0, 0.05) is 48.2 Å². The summed E-state index contributed by atoms with van der Waals surface area (Å²) in [7, 11) is 0. The summed E-state index contributed by atoms with van der Waals surface area (Å²) < 4.78 is 0. The molecular formula is C4H8CeO2. The Morgan fingerprint density at radius 3 is 2.14 bits per heavy atom. The van der Waals surface area contributed by atoms with Gasteiger partial charge in [0.15, 0.2) is 0 Å². The van der Waals surface area contributed by atoms with Crippen LogP contribution in [0.3, 0.4) is 0 Å². The molecule has 40 valence electrons. The van der Waals surface area contributed by atoms with Crippen molar-refractivity contribution < 1.29 is 51.6 Å². The van der Waals surface area contributed by atoms with E-state index < -0.39 is 5.97 Å². The van der Waals surface area contributed by atoms with Gasteiger partial charge in [-0.15, -0.1) is 0 Å². The van der Waals surface area contributed by atoms with Gasteiger partial charge in [-0.25, -0.2) is 0 Å². The van der Waals surface area contributed by atoms with Gasteiger partial charge in [0.2, 0.25) is 0 Å². The third-order valence-corrected chi connectivity index (χ3v) is 0.464. The number of aliphatic carboxylic acids is 1. The number of hydrogen-bond donors (Lipinski definition) is 1. The molecule has 0 heterocycles. The van der Waals surface area contributed by atoms with Gasteiger partial charge in [-0.05, 0) is 6.42 Å². The minimum atomic E-state index is -0.711. The zero-order valence-electron chi connectivity index (χ0n) is 4.27. The minimum Gasteiger partial charge on any atom is -0.481 e. The molecule has 0 aliphatic rings. The molecule has 0 spiro atoms. The molecule has 0 aliphatic heterocycles. The Bertz CT molecular complexity index is 53.7. The predicted octanol–water partition coefficient (Wildman–Crippen LogP) is 0.871. The topological polar surface area (TPSA) is 37.3 Å². The van der Waals surface area contributed by atoms with Gasteiger partial charge >= 0.3 is 5.97 Å². The van der Waals surface area contributed by atoms with Crippen LogP contribution >= 0.6 is 0 Å². The zero-order valence-corrected chi connectivity index (χ0v) is 7.41. The Labute approximate surface area is 76.7 Å². The van der Waals surface area contributed by atoms with Crippen LogP contribution in [-0.2, 0) is 4.79 Å². The molecule has 0 rings (SSSR count). The summed E-state index contributed by atoms with van der Waals surface area (Å²) in [5, 5.41) is 7.91. The van der Waals surface area contributed by atoms with E-state index >= 15 is 0 Å². The largest absolute Gasteiger partial charge is 0.481 e. The minimum absolute atomic E-state index is 0. The first-order valence-corrected chi connectivity index (χ1v) is 1.99. The Kier molecular flexibility index (Phi) is 10.5. The molecule has 0 saturated heterocycles. The molecular weight excluding hydrogens is 220 g/mol. The number of carboxylic acid groups (broad SMARTS) is 1. The average Bonchev–Trinajstić information content (AvgIpc) is 1.35. The van der Waals surface area contributed by atoms with Gasteiger partial charge in [-0.3, -0.25) is 4.79 Å². The summed E-state index contributed by atoms with van der Waals surface area (Å²) in [6.07, 6.45) is 1.02. The van der Waals surface area contributed by atoms with Crippen molar-refractivity contribution in [3.8, 4) is 0 Å². The summed E-state index contributed by atoms with van der Waals surface area (Å²) in [6.45, 7) is 1.84. The molecule has 0 aromatic heterocycles. The van der Waals surface area contributed by atoms with Crippen molar-refractivity contribution in [1.82, 2.24) is 0 Å². The van der Waals surface area contributed by atoms with Crippen LogP contribution in [0, 0.1) is 41.7 Å². The maximum atomic E-state index is 9.60. The van der Waals surface area contributed by atoms with Crippen LogP contribution in [0.25, 0.3) is 0 Å². The van der Waals surface area contributed by atoms with Crippen molar-refractivity contribution in [3.05, 3.63) is 0 Å². The average molecular weight is 228 g/mol. The van der Waals surface area contributed by atoms with E-state index in [4.69, 9.17) is 5.11 Å². The van der Waals surface area contributed by atoms with E-state index in [0.29, 0.717) is 6.42 Å². The monoisotopic (exact) mass is 228 g/mol. The van der Waals surface area contributed by atoms with E-state index in [-0.39, 0.29) is 41.7 Å². The standard InChI is InChI=1S/C4H8O2.Ce/c1-2-3-4(5)6;/h2-3H2,1H3,(H,5,6);. The fraction of sp³-hybridized carbons (Fsp3) is 0.750. The van der Waals surface area contributed by atoms with Gasteiger partial charge in [0.25, 0.3) is 0 Å².